The second-order valence-electron chi connectivity index (χ2n) is 4.48. The second-order valence-corrected chi connectivity index (χ2v) is 4.91. The maximum Gasteiger partial charge on any atom is 0.151 e. The molecule has 1 saturated heterocycles. The molecule has 5 heteroatoms. The summed E-state index contributed by atoms with van der Waals surface area (Å²) in [5, 5.41) is 0.580. The molecular formula is C12H18ClN3O. The number of pyridine rings is 1. The van der Waals surface area contributed by atoms with Crippen LogP contribution in [0.5, 0.6) is 0 Å². The van der Waals surface area contributed by atoms with Crippen molar-refractivity contribution >= 4 is 23.1 Å². The quantitative estimate of drug-likeness (QED) is 0.900. The molecule has 4 nitrogen and oxygen atoms in total. The zero-order valence-electron chi connectivity index (χ0n) is 10.0. The van der Waals surface area contributed by atoms with Crippen LogP contribution >= 0.6 is 11.6 Å². The van der Waals surface area contributed by atoms with Gasteiger partial charge >= 0.3 is 0 Å². The highest BCUT2D eigenvalue weighted by atomic mass is 35.5. The molecule has 2 heterocycles. The van der Waals surface area contributed by atoms with E-state index in [4.69, 9.17) is 22.1 Å². The van der Waals surface area contributed by atoms with Crippen molar-refractivity contribution in [2.24, 2.45) is 5.92 Å². The summed E-state index contributed by atoms with van der Waals surface area (Å²) in [5.74, 6) is 1.40. The van der Waals surface area contributed by atoms with E-state index in [9.17, 15) is 0 Å². The Balaban J connectivity index is 2.10. The van der Waals surface area contributed by atoms with Crippen LogP contribution in [0.2, 0.25) is 5.02 Å². The third-order valence-electron chi connectivity index (χ3n) is 3.08. The van der Waals surface area contributed by atoms with E-state index in [-0.39, 0.29) is 0 Å². The Labute approximate surface area is 107 Å². The lowest BCUT2D eigenvalue weighted by molar-refractivity contribution is 0.143. The zero-order valence-corrected chi connectivity index (χ0v) is 10.8. The topological polar surface area (TPSA) is 51.4 Å². The number of hydrogen-bond donors (Lipinski definition) is 1. The van der Waals surface area contributed by atoms with Gasteiger partial charge in [-0.2, -0.15) is 0 Å². The van der Waals surface area contributed by atoms with E-state index in [0.29, 0.717) is 16.6 Å². The number of nitrogens with zero attached hydrogens (tertiary/aromatic N) is 2. The molecule has 1 unspecified atom stereocenters. The first-order valence-corrected chi connectivity index (χ1v) is 6.23. The predicted molar refractivity (Wildman–Crippen MR) is 70.5 cm³/mol. The van der Waals surface area contributed by atoms with Crippen LogP contribution in [-0.2, 0) is 4.74 Å². The van der Waals surface area contributed by atoms with Crippen LogP contribution in [0, 0.1) is 5.92 Å². The van der Waals surface area contributed by atoms with Gasteiger partial charge in [0, 0.05) is 26.4 Å². The molecule has 94 valence electrons. The van der Waals surface area contributed by atoms with Gasteiger partial charge in [-0.25, -0.2) is 4.98 Å². The van der Waals surface area contributed by atoms with Crippen LogP contribution in [-0.4, -0.2) is 31.8 Å². The number of nitrogen functional groups attached to an aromatic ring is 1. The number of hydrogen-bond acceptors (Lipinski definition) is 4. The zero-order chi connectivity index (χ0) is 12.3. The summed E-state index contributed by atoms with van der Waals surface area (Å²) < 4.78 is 5.22. The van der Waals surface area contributed by atoms with Crippen LogP contribution in [0.25, 0.3) is 0 Å². The Morgan fingerprint density at radius 3 is 3.18 bits per heavy atom. The molecule has 17 heavy (non-hydrogen) atoms. The Morgan fingerprint density at radius 2 is 2.47 bits per heavy atom. The van der Waals surface area contributed by atoms with Crippen molar-refractivity contribution < 1.29 is 4.74 Å². The summed E-state index contributed by atoms with van der Waals surface area (Å²) in [6, 6.07) is 1.75. The molecule has 0 aliphatic carbocycles. The van der Waals surface area contributed by atoms with Gasteiger partial charge in [-0.1, -0.05) is 11.6 Å². The number of anilines is 2. The molecule has 1 aromatic heterocycles. The number of rotatable bonds is 3. The lowest BCUT2D eigenvalue weighted by atomic mass is 9.99. The van der Waals surface area contributed by atoms with Crippen LogP contribution < -0.4 is 10.6 Å². The Morgan fingerprint density at radius 1 is 1.65 bits per heavy atom. The van der Waals surface area contributed by atoms with Crippen molar-refractivity contribution in [1.29, 1.82) is 0 Å². The number of halogens is 1. The molecule has 2 N–H and O–H groups in total. The van der Waals surface area contributed by atoms with Crippen molar-refractivity contribution in [3.05, 3.63) is 17.3 Å². The number of piperidine rings is 1. The lowest BCUT2D eigenvalue weighted by Gasteiger charge is -2.33. The fourth-order valence-corrected chi connectivity index (χ4v) is 2.51. The average molecular weight is 256 g/mol. The van der Waals surface area contributed by atoms with Gasteiger partial charge in [-0.15, -0.1) is 0 Å². The molecule has 0 bridgehead atoms. The largest absolute Gasteiger partial charge is 0.396 e. The number of aromatic nitrogens is 1. The number of nitrogens with two attached hydrogens (primary N) is 1. The average Bonchev–Trinajstić information content (AvgIpc) is 2.29. The van der Waals surface area contributed by atoms with E-state index in [2.05, 4.69) is 9.88 Å². The van der Waals surface area contributed by atoms with E-state index in [1.165, 1.54) is 6.42 Å². The summed E-state index contributed by atoms with van der Waals surface area (Å²) in [5.41, 5.74) is 6.60. The Bertz CT molecular complexity index is 384. The summed E-state index contributed by atoms with van der Waals surface area (Å²) in [4.78, 5) is 6.55. The highest BCUT2D eigenvalue weighted by Gasteiger charge is 2.22. The summed E-state index contributed by atoms with van der Waals surface area (Å²) in [6.07, 6.45) is 4.00. The molecular weight excluding hydrogens is 238 g/mol. The van der Waals surface area contributed by atoms with Gasteiger partial charge < -0.3 is 15.4 Å². The third kappa shape index (κ3) is 3.01. The van der Waals surface area contributed by atoms with E-state index >= 15 is 0 Å². The smallest absolute Gasteiger partial charge is 0.151 e. The van der Waals surface area contributed by atoms with Crippen molar-refractivity contribution in [3.8, 4) is 0 Å². The summed E-state index contributed by atoms with van der Waals surface area (Å²) >= 11 is 5.85. The van der Waals surface area contributed by atoms with Crippen LogP contribution in [0.3, 0.4) is 0 Å². The molecule has 1 aliphatic heterocycles. The van der Waals surface area contributed by atoms with Crippen LogP contribution in [0.4, 0.5) is 11.5 Å². The molecule has 0 aromatic carbocycles. The maximum atomic E-state index is 5.95. The van der Waals surface area contributed by atoms with Gasteiger partial charge in [0.05, 0.1) is 17.3 Å². The first-order chi connectivity index (χ1) is 8.20. The van der Waals surface area contributed by atoms with E-state index in [1.807, 2.05) is 0 Å². The molecule has 1 aliphatic rings. The fourth-order valence-electron chi connectivity index (χ4n) is 2.34. The molecule has 0 amide bonds. The van der Waals surface area contributed by atoms with E-state index in [1.54, 1.807) is 19.4 Å². The Hall–Kier alpha value is -1.00. The van der Waals surface area contributed by atoms with Crippen molar-refractivity contribution in [2.75, 3.05) is 37.4 Å². The number of ether oxygens (including phenoxy) is 1. The summed E-state index contributed by atoms with van der Waals surface area (Å²) in [7, 11) is 1.74. The standard InChI is InChI=1S/C12H18ClN3O/c1-17-8-9-3-2-4-16(7-9)12-11(14)5-10(13)6-15-12/h5-6,9H,2-4,7-8,14H2,1H3. The third-order valence-corrected chi connectivity index (χ3v) is 3.29. The summed E-state index contributed by atoms with van der Waals surface area (Å²) in [6.45, 7) is 2.75. The highest BCUT2D eigenvalue weighted by Crippen LogP contribution is 2.27. The van der Waals surface area contributed by atoms with Crippen LogP contribution in [0.1, 0.15) is 12.8 Å². The van der Waals surface area contributed by atoms with Crippen LogP contribution in [0.15, 0.2) is 12.3 Å². The Kier molecular flexibility index (Phi) is 4.07. The minimum atomic E-state index is 0.561. The minimum absolute atomic E-state index is 0.561. The first-order valence-electron chi connectivity index (χ1n) is 5.85. The molecule has 1 fully saturated rings. The van der Waals surface area contributed by atoms with Crippen molar-refractivity contribution in [2.45, 2.75) is 12.8 Å². The van der Waals surface area contributed by atoms with E-state index < -0.39 is 0 Å². The van der Waals surface area contributed by atoms with Gasteiger partial charge in [-0.05, 0) is 24.8 Å². The predicted octanol–water partition coefficient (Wildman–Crippen LogP) is 2.18. The monoisotopic (exact) mass is 255 g/mol. The fraction of sp³-hybridized carbons (Fsp3) is 0.583. The van der Waals surface area contributed by atoms with Gasteiger partial charge in [0.25, 0.3) is 0 Å². The molecule has 1 aromatic rings. The highest BCUT2D eigenvalue weighted by molar-refractivity contribution is 6.30. The van der Waals surface area contributed by atoms with Crippen molar-refractivity contribution in [3.63, 3.8) is 0 Å². The SMILES string of the molecule is COCC1CCCN(c2ncc(Cl)cc2N)C1. The van der Waals surface area contributed by atoms with Gasteiger partial charge in [0.2, 0.25) is 0 Å². The normalized spacial score (nSPS) is 20.6. The van der Waals surface area contributed by atoms with Gasteiger partial charge in [0.15, 0.2) is 5.82 Å². The number of methoxy groups -OCH3 is 1. The van der Waals surface area contributed by atoms with Gasteiger partial charge in [0.1, 0.15) is 0 Å². The van der Waals surface area contributed by atoms with Gasteiger partial charge in [-0.3, -0.25) is 0 Å². The lowest BCUT2D eigenvalue weighted by Crippen LogP contribution is -2.38. The second kappa shape index (κ2) is 5.56. The molecule has 2 rings (SSSR count). The van der Waals surface area contributed by atoms with E-state index in [0.717, 1.165) is 31.9 Å². The molecule has 0 saturated carbocycles. The maximum absolute atomic E-state index is 5.95. The van der Waals surface area contributed by atoms with Crippen molar-refractivity contribution in [1.82, 2.24) is 4.98 Å². The first kappa shape index (κ1) is 12.5. The minimum Gasteiger partial charge on any atom is -0.396 e. The molecule has 1 atom stereocenters. The molecule has 0 spiro atoms. The molecule has 0 radical (unpaired) electrons.